The molecule has 0 bridgehead atoms. The standard InChI is InChI=1S/C11H20N2S/c1-3-9(2)12-10-13-11(8-14-10)6-4-5-7-11/h9H,3-8H2,1-2H3,(H,12,13). The maximum atomic E-state index is 4.68. The van der Waals surface area contributed by atoms with Crippen LogP contribution in [0.25, 0.3) is 0 Å². The van der Waals surface area contributed by atoms with Crippen molar-refractivity contribution >= 4 is 16.9 Å². The van der Waals surface area contributed by atoms with Crippen LogP contribution in [0, 0.1) is 0 Å². The summed E-state index contributed by atoms with van der Waals surface area (Å²) >= 11 is 1.92. The molecular formula is C11H20N2S. The van der Waals surface area contributed by atoms with E-state index < -0.39 is 0 Å². The highest BCUT2D eigenvalue weighted by Crippen LogP contribution is 2.37. The van der Waals surface area contributed by atoms with Gasteiger partial charge in [0.25, 0.3) is 0 Å². The van der Waals surface area contributed by atoms with Crippen LogP contribution in [0.3, 0.4) is 0 Å². The van der Waals surface area contributed by atoms with Gasteiger partial charge < -0.3 is 5.32 Å². The first-order valence-electron chi connectivity index (χ1n) is 5.73. The first-order chi connectivity index (χ1) is 6.74. The molecule has 2 fully saturated rings. The minimum Gasteiger partial charge on any atom is -0.359 e. The van der Waals surface area contributed by atoms with Gasteiger partial charge in [-0.3, -0.25) is 4.99 Å². The second-order valence-electron chi connectivity index (χ2n) is 4.59. The van der Waals surface area contributed by atoms with E-state index in [9.17, 15) is 0 Å². The number of hydrogen-bond donors (Lipinski definition) is 1. The molecule has 2 rings (SSSR count). The summed E-state index contributed by atoms with van der Waals surface area (Å²) in [7, 11) is 0. The SMILES string of the molecule is CCC(C)N=C1NC2(CCCC2)CS1. The van der Waals surface area contributed by atoms with Crippen LogP contribution in [0.4, 0.5) is 0 Å². The third-order valence-corrected chi connectivity index (χ3v) is 4.52. The molecule has 1 unspecified atom stereocenters. The molecule has 0 radical (unpaired) electrons. The maximum Gasteiger partial charge on any atom is 0.157 e. The Morgan fingerprint density at radius 2 is 2.21 bits per heavy atom. The molecule has 1 spiro atoms. The van der Waals surface area contributed by atoms with E-state index in [0.29, 0.717) is 11.6 Å². The van der Waals surface area contributed by atoms with Crippen molar-refractivity contribution in [2.75, 3.05) is 5.75 Å². The van der Waals surface area contributed by atoms with Crippen LogP contribution in [0.1, 0.15) is 46.0 Å². The minimum atomic E-state index is 0.428. The number of aliphatic imine (C=N–C) groups is 1. The van der Waals surface area contributed by atoms with Crippen LogP contribution >= 0.6 is 11.8 Å². The molecule has 3 heteroatoms. The summed E-state index contributed by atoms with van der Waals surface area (Å²) in [6.45, 7) is 4.38. The van der Waals surface area contributed by atoms with E-state index in [4.69, 9.17) is 0 Å². The highest BCUT2D eigenvalue weighted by molar-refractivity contribution is 8.14. The lowest BCUT2D eigenvalue weighted by Gasteiger charge is -2.21. The summed E-state index contributed by atoms with van der Waals surface area (Å²) in [5.74, 6) is 1.24. The summed E-state index contributed by atoms with van der Waals surface area (Å²) in [4.78, 5) is 4.68. The minimum absolute atomic E-state index is 0.428. The van der Waals surface area contributed by atoms with Gasteiger partial charge in [0, 0.05) is 17.3 Å². The van der Waals surface area contributed by atoms with E-state index in [2.05, 4.69) is 24.2 Å². The Labute approximate surface area is 90.9 Å². The van der Waals surface area contributed by atoms with Crippen LogP contribution in [0.15, 0.2) is 4.99 Å². The molecule has 1 aliphatic carbocycles. The second kappa shape index (κ2) is 4.13. The van der Waals surface area contributed by atoms with Gasteiger partial charge in [-0.05, 0) is 26.2 Å². The van der Waals surface area contributed by atoms with Crippen molar-refractivity contribution in [1.29, 1.82) is 0 Å². The van der Waals surface area contributed by atoms with Crippen LogP contribution in [0.5, 0.6) is 0 Å². The van der Waals surface area contributed by atoms with Gasteiger partial charge in [-0.15, -0.1) is 0 Å². The Kier molecular flexibility index (Phi) is 3.05. The number of nitrogens with zero attached hydrogens (tertiary/aromatic N) is 1. The molecular weight excluding hydrogens is 192 g/mol. The van der Waals surface area contributed by atoms with Gasteiger partial charge in [-0.25, -0.2) is 0 Å². The molecule has 1 aliphatic heterocycles. The van der Waals surface area contributed by atoms with E-state index in [0.717, 1.165) is 6.42 Å². The van der Waals surface area contributed by atoms with E-state index in [1.165, 1.54) is 36.6 Å². The topological polar surface area (TPSA) is 24.4 Å². The molecule has 1 atom stereocenters. The van der Waals surface area contributed by atoms with Crippen molar-refractivity contribution in [3.63, 3.8) is 0 Å². The van der Waals surface area contributed by atoms with Crippen molar-refractivity contribution in [1.82, 2.24) is 5.32 Å². The number of hydrogen-bond acceptors (Lipinski definition) is 2. The monoisotopic (exact) mass is 212 g/mol. The van der Waals surface area contributed by atoms with Gasteiger partial charge in [0.05, 0.1) is 0 Å². The van der Waals surface area contributed by atoms with E-state index in [1.807, 2.05) is 11.8 Å². The first kappa shape index (κ1) is 10.3. The molecule has 1 saturated heterocycles. The zero-order valence-electron chi connectivity index (χ0n) is 9.18. The van der Waals surface area contributed by atoms with Gasteiger partial charge in [-0.2, -0.15) is 0 Å². The molecule has 2 nitrogen and oxygen atoms in total. The quantitative estimate of drug-likeness (QED) is 0.761. The average molecular weight is 212 g/mol. The summed E-state index contributed by atoms with van der Waals surface area (Å²) in [6.07, 6.45) is 6.62. The molecule has 0 aromatic rings. The Bertz CT molecular complexity index is 231. The fourth-order valence-electron chi connectivity index (χ4n) is 2.19. The number of nitrogens with one attached hydrogen (secondary N) is 1. The fourth-order valence-corrected chi connectivity index (χ4v) is 3.50. The van der Waals surface area contributed by atoms with Crippen molar-refractivity contribution in [2.24, 2.45) is 4.99 Å². The third kappa shape index (κ3) is 2.08. The molecule has 0 amide bonds. The highest BCUT2D eigenvalue weighted by Gasteiger charge is 2.39. The zero-order valence-corrected chi connectivity index (χ0v) is 9.99. The van der Waals surface area contributed by atoms with Gasteiger partial charge in [0.2, 0.25) is 0 Å². The van der Waals surface area contributed by atoms with Crippen molar-refractivity contribution in [3.8, 4) is 0 Å². The maximum absolute atomic E-state index is 4.68. The summed E-state index contributed by atoms with van der Waals surface area (Å²) in [5, 5.41) is 4.84. The lowest BCUT2D eigenvalue weighted by molar-refractivity contribution is 0.452. The Hall–Kier alpha value is -0.180. The van der Waals surface area contributed by atoms with Gasteiger partial charge in [-0.1, -0.05) is 31.5 Å². The summed E-state index contributed by atoms with van der Waals surface area (Å²) < 4.78 is 0. The predicted octanol–water partition coefficient (Wildman–Crippen LogP) is 2.79. The molecule has 14 heavy (non-hydrogen) atoms. The van der Waals surface area contributed by atoms with Gasteiger partial charge >= 0.3 is 0 Å². The Morgan fingerprint density at radius 1 is 1.50 bits per heavy atom. The van der Waals surface area contributed by atoms with E-state index in [1.54, 1.807) is 0 Å². The Morgan fingerprint density at radius 3 is 2.86 bits per heavy atom. The smallest absolute Gasteiger partial charge is 0.157 e. The van der Waals surface area contributed by atoms with Crippen LogP contribution < -0.4 is 5.32 Å². The third-order valence-electron chi connectivity index (χ3n) is 3.35. The van der Waals surface area contributed by atoms with Crippen molar-refractivity contribution in [3.05, 3.63) is 0 Å². The van der Waals surface area contributed by atoms with Crippen LogP contribution in [-0.4, -0.2) is 22.5 Å². The zero-order chi connectivity index (χ0) is 10.0. The normalized spacial score (nSPS) is 29.7. The molecule has 1 saturated carbocycles. The number of amidine groups is 1. The predicted molar refractivity (Wildman–Crippen MR) is 64.0 cm³/mol. The number of rotatable bonds is 2. The highest BCUT2D eigenvalue weighted by atomic mass is 32.2. The Balaban J connectivity index is 1.96. The van der Waals surface area contributed by atoms with Crippen molar-refractivity contribution in [2.45, 2.75) is 57.5 Å². The average Bonchev–Trinajstić information content (AvgIpc) is 2.78. The first-order valence-corrected chi connectivity index (χ1v) is 6.71. The molecule has 1 heterocycles. The van der Waals surface area contributed by atoms with E-state index >= 15 is 0 Å². The molecule has 0 aromatic carbocycles. The lowest BCUT2D eigenvalue weighted by atomic mass is 10.0. The van der Waals surface area contributed by atoms with Crippen LogP contribution in [-0.2, 0) is 0 Å². The van der Waals surface area contributed by atoms with Crippen molar-refractivity contribution < 1.29 is 0 Å². The van der Waals surface area contributed by atoms with Gasteiger partial charge in [0.15, 0.2) is 5.17 Å². The van der Waals surface area contributed by atoms with E-state index in [-0.39, 0.29) is 0 Å². The summed E-state index contributed by atoms with van der Waals surface area (Å²) in [6, 6.07) is 0.474. The molecule has 1 N–H and O–H groups in total. The molecule has 0 aromatic heterocycles. The number of thioether (sulfide) groups is 1. The largest absolute Gasteiger partial charge is 0.359 e. The molecule has 2 aliphatic rings. The molecule has 80 valence electrons. The lowest BCUT2D eigenvalue weighted by Crippen LogP contribution is -2.40. The summed E-state index contributed by atoms with van der Waals surface area (Å²) in [5.41, 5.74) is 0.428. The van der Waals surface area contributed by atoms with Gasteiger partial charge in [0.1, 0.15) is 0 Å². The van der Waals surface area contributed by atoms with Crippen LogP contribution in [0.2, 0.25) is 0 Å². The second-order valence-corrected chi connectivity index (χ2v) is 5.56. The fraction of sp³-hybridized carbons (Fsp3) is 0.909.